The summed E-state index contributed by atoms with van der Waals surface area (Å²) in [7, 11) is 0. The molecule has 8 heteroatoms. The third kappa shape index (κ3) is 2.85. The van der Waals surface area contributed by atoms with Crippen molar-refractivity contribution in [3.63, 3.8) is 0 Å². The lowest BCUT2D eigenvalue weighted by Gasteiger charge is -2.37. The fraction of sp³-hybridized carbons (Fsp3) is 0.179. The van der Waals surface area contributed by atoms with Crippen molar-refractivity contribution in [2.75, 3.05) is 15.4 Å². The third-order valence-corrected chi connectivity index (χ3v) is 7.59. The highest BCUT2D eigenvalue weighted by atomic mass is 16.8. The molecule has 3 aliphatic rings. The predicted octanol–water partition coefficient (Wildman–Crippen LogP) is 3.94. The maximum atomic E-state index is 14.3. The topological polar surface area (TPSA) is 113 Å². The van der Waals surface area contributed by atoms with Gasteiger partial charge in [0.05, 0.1) is 23.7 Å². The van der Waals surface area contributed by atoms with E-state index in [1.807, 2.05) is 59.5 Å². The molecule has 0 unspecified atom stereocenters. The van der Waals surface area contributed by atoms with E-state index in [1.54, 1.807) is 6.07 Å². The van der Waals surface area contributed by atoms with Crippen LogP contribution < -0.4 is 15.4 Å². The SMILES string of the molecule is CC(=O)[C@@H]1[C@H](C(=O)c2cccc(N([O-])O)c2)[C@]2(C(=O)Nc3ccccc32)[C@@H]2C=Cc3ccccc3N12. The maximum absolute atomic E-state index is 14.3. The lowest BCUT2D eigenvalue weighted by Crippen LogP contribution is -2.51. The molecule has 0 radical (unpaired) electrons. The Morgan fingerprint density at radius 2 is 1.81 bits per heavy atom. The fourth-order valence-electron chi connectivity index (χ4n) is 6.23. The van der Waals surface area contributed by atoms with Crippen molar-refractivity contribution in [1.29, 1.82) is 0 Å². The Balaban J connectivity index is 1.64. The smallest absolute Gasteiger partial charge is 0.238 e. The molecule has 180 valence electrons. The first-order chi connectivity index (χ1) is 17.4. The van der Waals surface area contributed by atoms with Gasteiger partial charge < -0.3 is 20.7 Å². The van der Waals surface area contributed by atoms with Gasteiger partial charge in [-0.3, -0.25) is 19.6 Å². The molecule has 1 spiro atoms. The Kier molecular flexibility index (Phi) is 4.86. The number of para-hydroxylation sites is 2. The van der Waals surface area contributed by atoms with Gasteiger partial charge in [-0.2, -0.15) is 0 Å². The molecule has 6 rings (SSSR count). The van der Waals surface area contributed by atoms with E-state index in [0.29, 0.717) is 11.3 Å². The van der Waals surface area contributed by atoms with E-state index >= 15 is 0 Å². The average molecular weight is 481 g/mol. The van der Waals surface area contributed by atoms with E-state index in [2.05, 4.69) is 5.32 Å². The summed E-state index contributed by atoms with van der Waals surface area (Å²) in [5.74, 6) is -2.14. The summed E-state index contributed by atoms with van der Waals surface area (Å²) in [5.41, 5.74) is 1.54. The van der Waals surface area contributed by atoms with Crippen LogP contribution in [0, 0.1) is 11.1 Å². The minimum Gasteiger partial charge on any atom is -0.733 e. The van der Waals surface area contributed by atoms with Crippen LogP contribution in [-0.2, 0) is 15.0 Å². The molecule has 3 aromatic carbocycles. The van der Waals surface area contributed by atoms with Crippen molar-refractivity contribution in [1.82, 2.24) is 0 Å². The molecule has 0 aliphatic carbocycles. The largest absolute Gasteiger partial charge is 0.733 e. The normalized spacial score (nSPS) is 25.2. The van der Waals surface area contributed by atoms with E-state index < -0.39 is 29.2 Å². The van der Waals surface area contributed by atoms with Crippen LogP contribution in [0.5, 0.6) is 0 Å². The molecule has 3 aromatic rings. The number of carbonyl (C=O) groups is 3. The van der Waals surface area contributed by atoms with Crippen molar-refractivity contribution in [3.8, 4) is 0 Å². The second kappa shape index (κ2) is 7.87. The number of carbonyl (C=O) groups excluding carboxylic acids is 3. The molecule has 1 fully saturated rings. The lowest BCUT2D eigenvalue weighted by atomic mass is 9.64. The third-order valence-electron chi connectivity index (χ3n) is 7.59. The maximum Gasteiger partial charge on any atom is 0.238 e. The van der Waals surface area contributed by atoms with Crippen LogP contribution in [-0.4, -0.2) is 34.8 Å². The van der Waals surface area contributed by atoms with Crippen LogP contribution in [0.3, 0.4) is 0 Å². The zero-order valence-corrected chi connectivity index (χ0v) is 19.3. The van der Waals surface area contributed by atoms with E-state index in [0.717, 1.165) is 11.3 Å². The van der Waals surface area contributed by atoms with Crippen molar-refractivity contribution in [2.24, 2.45) is 5.92 Å². The number of benzene rings is 3. The number of nitrogens with zero attached hydrogens (tertiary/aromatic N) is 2. The van der Waals surface area contributed by atoms with E-state index in [4.69, 9.17) is 0 Å². The molecule has 3 aliphatic heterocycles. The van der Waals surface area contributed by atoms with Crippen LogP contribution >= 0.6 is 0 Å². The van der Waals surface area contributed by atoms with E-state index in [9.17, 15) is 24.8 Å². The molecule has 1 amide bonds. The van der Waals surface area contributed by atoms with Gasteiger partial charge >= 0.3 is 0 Å². The molecule has 2 N–H and O–H groups in total. The first kappa shape index (κ1) is 22.2. The standard InChI is InChI=1S/C28H22N3O5/c1-16(32)25-24(26(33)18-8-6-9-19(15-18)31(35)36)28(20-10-3-4-11-21(20)29-27(28)34)23-14-13-17-7-2-5-12-22(17)30(23)25/h2-15,23-25,35H,1H3,(H,29,34)/q-1/t23-,24+,25+,28+/m0/s1. The molecular formula is C28H22N3O5-. The van der Waals surface area contributed by atoms with Gasteiger partial charge in [-0.1, -0.05) is 60.7 Å². The van der Waals surface area contributed by atoms with Gasteiger partial charge in [-0.05, 0) is 42.3 Å². The molecule has 0 aromatic heterocycles. The van der Waals surface area contributed by atoms with Gasteiger partial charge in [0.25, 0.3) is 0 Å². The first-order valence-electron chi connectivity index (χ1n) is 11.6. The number of anilines is 3. The van der Waals surface area contributed by atoms with E-state index in [1.165, 1.54) is 31.2 Å². The minimum atomic E-state index is -1.39. The summed E-state index contributed by atoms with van der Waals surface area (Å²) in [6.07, 6.45) is 3.83. The molecule has 1 saturated heterocycles. The molecule has 0 bridgehead atoms. The van der Waals surface area contributed by atoms with Gasteiger partial charge in [0.1, 0.15) is 5.41 Å². The number of nitrogens with one attached hydrogen (secondary N) is 1. The van der Waals surface area contributed by atoms with Crippen LogP contribution in [0.2, 0.25) is 0 Å². The van der Waals surface area contributed by atoms with Gasteiger partial charge in [0.15, 0.2) is 11.6 Å². The van der Waals surface area contributed by atoms with Crippen molar-refractivity contribution < 1.29 is 19.6 Å². The Morgan fingerprint density at radius 3 is 2.58 bits per heavy atom. The highest BCUT2D eigenvalue weighted by molar-refractivity contribution is 6.16. The second-order valence-electron chi connectivity index (χ2n) is 9.36. The van der Waals surface area contributed by atoms with Crippen molar-refractivity contribution >= 4 is 40.6 Å². The molecule has 36 heavy (non-hydrogen) atoms. The number of ketones is 2. The summed E-state index contributed by atoms with van der Waals surface area (Å²) in [6, 6.07) is 18.9. The molecular weight excluding hydrogens is 458 g/mol. The Morgan fingerprint density at radius 1 is 1.06 bits per heavy atom. The summed E-state index contributed by atoms with van der Waals surface area (Å²) < 4.78 is 0. The number of fused-ring (bicyclic) bond motifs is 6. The van der Waals surface area contributed by atoms with E-state index in [-0.39, 0.29) is 28.2 Å². The molecule has 8 nitrogen and oxygen atoms in total. The van der Waals surface area contributed by atoms with Gasteiger partial charge in [0.2, 0.25) is 5.91 Å². The summed E-state index contributed by atoms with van der Waals surface area (Å²) in [6.45, 7) is 1.43. The number of rotatable bonds is 4. The summed E-state index contributed by atoms with van der Waals surface area (Å²) in [4.78, 5) is 43.5. The lowest BCUT2D eigenvalue weighted by molar-refractivity contribution is -0.122. The highest BCUT2D eigenvalue weighted by Crippen LogP contribution is 2.57. The number of hydrogen-bond donors (Lipinski definition) is 2. The zero-order chi connectivity index (χ0) is 25.2. The van der Waals surface area contributed by atoms with Crippen molar-refractivity contribution in [2.45, 2.75) is 24.4 Å². The van der Waals surface area contributed by atoms with Crippen LogP contribution in [0.4, 0.5) is 17.1 Å². The van der Waals surface area contributed by atoms with Crippen molar-refractivity contribution in [3.05, 3.63) is 101 Å². The van der Waals surface area contributed by atoms with Gasteiger partial charge in [-0.25, -0.2) is 0 Å². The summed E-state index contributed by atoms with van der Waals surface area (Å²) >= 11 is 0. The Hall–Kier alpha value is -4.27. The predicted molar refractivity (Wildman–Crippen MR) is 135 cm³/mol. The fourth-order valence-corrected chi connectivity index (χ4v) is 6.23. The quantitative estimate of drug-likeness (QED) is 0.430. The number of amides is 1. The zero-order valence-electron chi connectivity index (χ0n) is 19.3. The van der Waals surface area contributed by atoms with Crippen LogP contribution in [0.25, 0.3) is 6.08 Å². The number of hydrogen-bond acceptors (Lipinski definition) is 7. The van der Waals surface area contributed by atoms with Gasteiger partial charge in [-0.15, -0.1) is 0 Å². The second-order valence-corrected chi connectivity index (χ2v) is 9.36. The van der Waals surface area contributed by atoms with Crippen LogP contribution in [0.1, 0.15) is 28.4 Å². The molecule has 3 heterocycles. The monoisotopic (exact) mass is 480 g/mol. The Bertz CT molecular complexity index is 1460. The van der Waals surface area contributed by atoms with Crippen LogP contribution in [0.15, 0.2) is 78.9 Å². The Labute approximate surface area is 207 Å². The summed E-state index contributed by atoms with van der Waals surface area (Å²) in [5, 5.41) is 23.6. The minimum absolute atomic E-state index is 0.119. The number of Topliss-reactive ketones (excluding diaryl/α,β-unsaturated/α-hetero) is 2. The molecule has 0 saturated carbocycles. The highest BCUT2D eigenvalue weighted by Gasteiger charge is 2.69. The molecule has 4 atom stereocenters. The average Bonchev–Trinajstić information content (AvgIpc) is 3.37. The van der Waals surface area contributed by atoms with Gasteiger partial charge in [0, 0.05) is 16.9 Å². The first-order valence-corrected chi connectivity index (χ1v) is 11.6.